The van der Waals surface area contributed by atoms with Crippen molar-refractivity contribution in [1.29, 1.82) is 0 Å². The van der Waals surface area contributed by atoms with Gasteiger partial charge in [0.1, 0.15) is 6.04 Å². The minimum atomic E-state index is -0.871. The van der Waals surface area contributed by atoms with Crippen LogP contribution < -0.4 is 5.73 Å². The first-order valence-corrected chi connectivity index (χ1v) is 4.08. The predicted molar refractivity (Wildman–Crippen MR) is 42.1 cm³/mol. The van der Waals surface area contributed by atoms with Crippen LogP contribution in [0.25, 0.3) is 0 Å². The molecule has 0 radical (unpaired) electrons. The van der Waals surface area contributed by atoms with Crippen LogP contribution in [0.2, 0.25) is 0 Å². The Bertz CT molecular complexity index is 152. The molecule has 0 aliphatic heterocycles. The molecule has 1 atom stereocenters. The van der Waals surface area contributed by atoms with Crippen LogP contribution in [0, 0.1) is 11.8 Å². The Hall–Kier alpha value is -0.570. The van der Waals surface area contributed by atoms with E-state index in [9.17, 15) is 4.79 Å². The van der Waals surface area contributed by atoms with Crippen molar-refractivity contribution < 1.29 is 9.90 Å². The van der Waals surface area contributed by atoms with Gasteiger partial charge in [0.25, 0.3) is 0 Å². The molecule has 0 bridgehead atoms. The Morgan fingerprint density at radius 1 is 1.73 bits per heavy atom. The lowest BCUT2D eigenvalue weighted by atomic mass is 9.73. The number of rotatable bonds is 3. The lowest BCUT2D eigenvalue weighted by Gasteiger charge is -2.33. The quantitative estimate of drug-likeness (QED) is 0.638. The van der Waals surface area contributed by atoms with Gasteiger partial charge in [0.2, 0.25) is 0 Å². The molecule has 0 spiro atoms. The normalized spacial score (nSPS) is 32.5. The SMILES string of the molecule is CC1CC(C[C@H](N)C(=O)O)C1. The molecule has 3 heteroatoms. The topological polar surface area (TPSA) is 63.3 Å². The fourth-order valence-electron chi connectivity index (χ4n) is 1.72. The molecule has 0 unspecified atom stereocenters. The van der Waals surface area contributed by atoms with Gasteiger partial charge >= 0.3 is 5.97 Å². The molecule has 0 amide bonds. The zero-order valence-electron chi connectivity index (χ0n) is 6.79. The summed E-state index contributed by atoms with van der Waals surface area (Å²) in [6, 6.07) is -0.646. The van der Waals surface area contributed by atoms with Crippen molar-refractivity contribution in [3.8, 4) is 0 Å². The van der Waals surface area contributed by atoms with E-state index in [1.165, 1.54) is 0 Å². The summed E-state index contributed by atoms with van der Waals surface area (Å²) in [4.78, 5) is 10.3. The average Bonchev–Trinajstić information content (AvgIpc) is 1.84. The van der Waals surface area contributed by atoms with E-state index in [0.29, 0.717) is 12.3 Å². The molecular weight excluding hydrogens is 142 g/mol. The van der Waals surface area contributed by atoms with Crippen molar-refractivity contribution >= 4 is 5.97 Å². The van der Waals surface area contributed by atoms with Gasteiger partial charge in [-0.25, -0.2) is 0 Å². The molecule has 1 aliphatic rings. The Labute approximate surface area is 66.6 Å². The molecule has 0 aromatic rings. The van der Waals surface area contributed by atoms with Crippen molar-refractivity contribution in [2.24, 2.45) is 17.6 Å². The maximum Gasteiger partial charge on any atom is 0.320 e. The van der Waals surface area contributed by atoms with Gasteiger partial charge in [-0.05, 0) is 31.1 Å². The first kappa shape index (κ1) is 8.53. The van der Waals surface area contributed by atoms with Gasteiger partial charge in [0.15, 0.2) is 0 Å². The van der Waals surface area contributed by atoms with Gasteiger partial charge in [0, 0.05) is 0 Å². The van der Waals surface area contributed by atoms with Crippen molar-refractivity contribution in [1.82, 2.24) is 0 Å². The van der Waals surface area contributed by atoms with Crippen molar-refractivity contribution in [3.63, 3.8) is 0 Å². The van der Waals surface area contributed by atoms with E-state index in [4.69, 9.17) is 10.8 Å². The molecule has 3 N–H and O–H groups in total. The third kappa shape index (κ3) is 2.19. The highest BCUT2D eigenvalue weighted by atomic mass is 16.4. The summed E-state index contributed by atoms with van der Waals surface area (Å²) in [5.41, 5.74) is 5.37. The Morgan fingerprint density at radius 3 is 2.64 bits per heavy atom. The molecule has 0 aromatic carbocycles. The number of carboxylic acids is 1. The number of carboxylic acid groups (broad SMARTS) is 1. The molecule has 0 heterocycles. The smallest absolute Gasteiger partial charge is 0.320 e. The Kier molecular flexibility index (Phi) is 2.49. The summed E-state index contributed by atoms with van der Waals surface area (Å²) in [5, 5.41) is 8.49. The largest absolute Gasteiger partial charge is 0.480 e. The first-order valence-electron chi connectivity index (χ1n) is 4.08. The van der Waals surface area contributed by atoms with Crippen LogP contribution >= 0.6 is 0 Å². The first-order chi connectivity index (χ1) is 5.09. The average molecular weight is 157 g/mol. The molecule has 1 saturated carbocycles. The van der Waals surface area contributed by atoms with Crippen LogP contribution in [0.1, 0.15) is 26.2 Å². The van der Waals surface area contributed by atoms with Gasteiger partial charge < -0.3 is 10.8 Å². The number of hydrogen-bond acceptors (Lipinski definition) is 2. The predicted octanol–water partition coefficient (Wildman–Crippen LogP) is 0.834. The van der Waals surface area contributed by atoms with Crippen LogP contribution in [-0.2, 0) is 4.79 Å². The second kappa shape index (κ2) is 3.22. The van der Waals surface area contributed by atoms with E-state index in [2.05, 4.69) is 6.92 Å². The Balaban J connectivity index is 2.16. The second-order valence-corrected chi connectivity index (χ2v) is 3.62. The van der Waals surface area contributed by atoms with Crippen LogP contribution in [-0.4, -0.2) is 17.1 Å². The summed E-state index contributed by atoms with van der Waals surface area (Å²) in [6.07, 6.45) is 2.96. The minimum Gasteiger partial charge on any atom is -0.480 e. The maximum absolute atomic E-state index is 10.3. The summed E-state index contributed by atoms with van der Waals surface area (Å²) in [6.45, 7) is 2.18. The third-order valence-electron chi connectivity index (χ3n) is 2.38. The van der Waals surface area contributed by atoms with Crippen LogP contribution in [0.4, 0.5) is 0 Å². The van der Waals surface area contributed by atoms with Crippen LogP contribution in [0.5, 0.6) is 0 Å². The molecule has 11 heavy (non-hydrogen) atoms. The third-order valence-corrected chi connectivity index (χ3v) is 2.38. The van der Waals surface area contributed by atoms with Crippen molar-refractivity contribution in [2.45, 2.75) is 32.2 Å². The van der Waals surface area contributed by atoms with E-state index >= 15 is 0 Å². The zero-order valence-corrected chi connectivity index (χ0v) is 6.79. The van der Waals surface area contributed by atoms with Gasteiger partial charge in [-0.2, -0.15) is 0 Å². The van der Waals surface area contributed by atoms with E-state index < -0.39 is 12.0 Å². The monoisotopic (exact) mass is 157 g/mol. The lowest BCUT2D eigenvalue weighted by Crippen LogP contribution is -2.35. The van der Waals surface area contributed by atoms with E-state index in [-0.39, 0.29) is 0 Å². The molecule has 1 aliphatic carbocycles. The molecule has 1 fully saturated rings. The van der Waals surface area contributed by atoms with Crippen molar-refractivity contribution in [2.75, 3.05) is 0 Å². The summed E-state index contributed by atoms with van der Waals surface area (Å²) >= 11 is 0. The number of nitrogens with two attached hydrogens (primary N) is 1. The maximum atomic E-state index is 10.3. The molecule has 3 nitrogen and oxygen atoms in total. The molecule has 1 rings (SSSR count). The van der Waals surface area contributed by atoms with Gasteiger partial charge in [0.05, 0.1) is 0 Å². The lowest BCUT2D eigenvalue weighted by molar-refractivity contribution is -0.139. The molecule has 0 aromatic heterocycles. The highest BCUT2D eigenvalue weighted by Gasteiger charge is 2.28. The van der Waals surface area contributed by atoms with Crippen LogP contribution in [0.15, 0.2) is 0 Å². The highest BCUT2D eigenvalue weighted by Crippen LogP contribution is 2.35. The van der Waals surface area contributed by atoms with E-state index in [1.54, 1.807) is 0 Å². The van der Waals surface area contributed by atoms with Gasteiger partial charge in [-0.3, -0.25) is 4.79 Å². The van der Waals surface area contributed by atoms with Crippen molar-refractivity contribution in [3.05, 3.63) is 0 Å². The summed E-state index contributed by atoms with van der Waals surface area (Å²) < 4.78 is 0. The number of carbonyl (C=O) groups is 1. The summed E-state index contributed by atoms with van der Waals surface area (Å²) in [7, 11) is 0. The fourth-order valence-corrected chi connectivity index (χ4v) is 1.72. The second-order valence-electron chi connectivity index (χ2n) is 3.62. The fraction of sp³-hybridized carbons (Fsp3) is 0.875. The zero-order chi connectivity index (χ0) is 8.43. The summed E-state index contributed by atoms with van der Waals surface area (Å²) in [5.74, 6) is 0.474. The highest BCUT2D eigenvalue weighted by molar-refractivity contribution is 5.73. The van der Waals surface area contributed by atoms with E-state index in [0.717, 1.165) is 18.8 Å². The molecule has 64 valence electrons. The standard InChI is InChI=1S/C8H15NO2/c1-5-2-6(3-5)4-7(9)8(10)11/h5-7H,2-4,9H2,1H3,(H,10,11)/t5?,6?,7-/m0/s1. The van der Waals surface area contributed by atoms with Gasteiger partial charge in [-0.15, -0.1) is 0 Å². The Morgan fingerprint density at radius 2 is 2.27 bits per heavy atom. The van der Waals surface area contributed by atoms with Crippen LogP contribution in [0.3, 0.4) is 0 Å². The van der Waals surface area contributed by atoms with E-state index in [1.807, 2.05) is 0 Å². The number of hydrogen-bond donors (Lipinski definition) is 2. The minimum absolute atomic E-state index is 0.566. The van der Waals surface area contributed by atoms with Gasteiger partial charge in [-0.1, -0.05) is 6.92 Å². The molecular formula is C8H15NO2. The molecule has 0 saturated heterocycles. The number of aliphatic carboxylic acids is 1.